The van der Waals surface area contributed by atoms with Crippen LogP contribution in [0, 0.1) is 19.8 Å². The molecule has 0 aliphatic heterocycles. The van der Waals surface area contributed by atoms with E-state index < -0.39 is 0 Å². The van der Waals surface area contributed by atoms with Crippen LogP contribution in [0.5, 0.6) is 0 Å². The van der Waals surface area contributed by atoms with Gasteiger partial charge in [-0.05, 0) is 29.8 Å². The predicted molar refractivity (Wildman–Crippen MR) is 62.6 cm³/mol. The van der Waals surface area contributed by atoms with Crippen LogP contribution in [0.1, 0.15) is 18.3 Å². The van der Waals surface area contributed by atoms with Crippen molar-refractivity contribution in [3.63, 3.8) is 0 Å². The molecule has 84 valence electrons. The van der Waals surface area contributed by atoms with Gasteiger partial charge >= 0.3 is 0 Å². The Labute approximate surface area is 98.2 Å². The van der Waals surface area contributed by atoms with E-state index in [1.54, 1.807) is 7.05 Å². The topological polar surface area (TPSA) is 46.9 Å². The Morgan fingerprint density at radius 1 is 1.60 bits per heavy atom. The Bertz CT molecular complexity index is 373. The first-order valence-electron chi connectivity index (χ1n) is 4.88. The summed E-state index contributed by atoms with van der Waals surface area (Å²) in [4.78, 5) is 11.4. The summed E-state index contributed by atoms with van der Waals surface area (Å²) >= 11 is 3.46. The van der Waals surface area contributed by atoms with Gasteiger partial charge in [-0.3, -0.25) is 9.48 Å². The molecule has 1 amide bonds. The van der Waals surface area contributed by atoms with Crippen molar-refractivity contribution >= 4 is 21.8 Å². The van der Waals surface area contributed by atoms with Crippen LogP contribution in [0.15, 0.2) is 4.47 Å². The van der Waals surface area contributed by atoms with Gasteiger partial charge in [-0.25, -0.2) is 0 Å². The highest BCUT2D eigenvalue weighted by Gasteiger charge is 2.15. The standard InChI is InChI=1S/C10H16BrN3O/c1-6(10(15)12-4)5-14-8(3)9(11)7(2)13-14/h6H,5H2,1-4H3,(H,12,15)/t6-/m0/s1. The van der Waals surface area contributed by atoms with Crippen molar-refractivity contribution in [2.75, 3.05) is 7.05 Å². The quantitative estimate of drug-likeness (QED) is 0.911. The van der Waals surface area contributed by atoms with Crippen LogP contribution in [-0.2, 0) is 11.3 Å². The summed E-state index contributed by atoms with van der Waals surface area (Å²) in [6.45, 7) is 6.43. The lowest BCUT2D eigenvalue weighted by molar-refractivity contribution is -0.124. The van der Waals surface area contributed by atoms with Crippen molar-refractivity contribution in [3.05, 3.63) is 15.9 Å². The monoisotopic (exact) mass is 273 g/mol. The van der Waals surface area contributed by atoms with Crippen molar-refractivity contribution in [1.82, 2.24) is 15.1 Å². The van der Waals surface area contributed by atoms with Gasteiger partial charge in [-0.1, -0.05) is 6.92 Å². The lowest BCUT2D eigenvalue weighted by atomic mass is 10.1. The molecule has 0 saturated carbocycles. The minimum atomic E-state index is -0.0695. The van der Waals surface area contributed by atoms with Gasteiger partial charge < -0.3 is 5.32 Å². The lowest BCUT2D eigenvalue weighted by Gasteiger charge is -2.11. The van der Waals surface area contributed by atoms with Gasteiger partial charge in [-0.2, -0.15) is 5.10 Å². The molecule has 1 rings (SSSR count). The summed E-state index contributed by atoms with van der Waals surface area (Å²) in [6, 6.07) is 0. The number of amides is 1. The molecule has 15 heavy (non-hydrogen) atoms. The maximum Gasteiger partial charge on any atom is 0.224 e. The van der Waals surface area contributed by atoms with Crippen molar-refractivity contribution < 1.29 is 4.79 Å². The number of carbonyl (C=O) groups is 1. The van der Waals surface area contributed by atoms with Crippen molar-refractivity contribution in [2.24, 2.45) is 5.92 Å². The number of hydrogen-bond acceptors (Lipinski definition) is 2. The average molecular weight is 274 g/mol. The molecule has 1 atom stereocenters. The minimum absolute atomic E-state index is 0.0404. The fourth-order valence-electron chi connectivity index (χ4n) is 1.44. The van der Waals surface area contributed by atoms with Gasteiger partial charge in [0.05, 0.1) is 22.6 Å². The number of aromatic nitrogens is 2. The van der Waals surface area contributed by atoms with Gasteiger partial charge in [0.2, 0.25) is 5.91 Å². The van der Waals surface area contributed by atoms with Crippen LogP contribution in [0.3, 0.4) is 0 Å². The van der Waals surface area contributed by atoms with E-state index >= 15 is 0 Å². The zero-order valence-electron chi connectivity index (χ0n) is 9.47. The number of carbonyl (C=O) groups excluding carboxylic acids is 1. The highest BCUT2D eigenvalue weighted by Crippen LogP contribution is 2.20. The Morgan fingerprint density at radius 2 is 2.20 bits per heavy atom. The fraction of sp³-hybridized carbons (Fsp3) is 0.600. The molecule has 0 aromatic carbocycles. The molecule has 0 unspecified atom stereocenters. The first kappa shape index (κ1) is 12.2. The molecular formula is C10H16BrN3O. The Balaban J connectivity index is 2.81. The van der Waals surface area contributed by atoms with Gasteiger partial charge in [0, 0.05) is 12.7 Å². The molecule has 0 aliphatic carbocycles. The molecule has 1 N–H and O–H groups in total. The van der Waals surface area contributed by atoms with Crippen molar-refractivity contribution in [1.29, 1.82) is 0 Å². The zero-order chi connectivity index (χ0) is 11.6. The molecule has 0 aliphatic rings. The van der Waals surface area contributed by atoms with Crippen LogP contribution in [-0.4, -0.2) is 22.7 Å². The van der Waals surface area contributed by atoms with E-state index in [0.717, 1.165) is 15.9 Å². The maximum absolute atomic E-state index is 11.4. The van der Waals surface area contributed by atoms with Crippen LogP contribution in [0.4, 0.5) is 0 Å². The third-order valence-electron chi connectivity index (χ3n) is 2.43. The summed E-state index contributed by atoms with van der Waals surface area (Å²) < 4.78 is 2.88. The first-order valence-corrected chi connectivity index (χ1v) is 5.67. The smallest absolute Gasteiger partial charge is 0.224 e. The van der Waals surface area contributed by atoms with Gasteiger partial charge in [0.25, 0.3) is 0 Å². The number of nitrogens with one attached hydrogen (secondary N) is 1. The maximum atomic E-state index is 11.4. The normalized spacial score (nSPS) is 12.6. The van der Waals surface area contributed by atoms with Crippen LogP contribution in [0.25, 0.3) is 0 Å². The molecule has 0 saturated heterocycles. The van der Waals surface area contributed by atoms with Crippen LogP contribution < -0.4 is 5.32 Å². The van der Waals surface area contributed by atoms with Gasteiger partial charge in [0.15, 0.2) is 0 Å². The Hall–Kier alpha value is -0.840. The van der Waals surface area contributed by atoms with Crippen LogP contribution in [0.2, 0.25) is 0 Å². The molecule has 1 aromatic rings. The summed E-state index contributed by atoms with van der Waals surface area (Å²) in [5.74, 6) is -0.0291. The molecule has 0 bridgehead atoms. The second kappa shape index (κ2) is 4.79. The molecular weight excluding hydrogens is 258 g/mol. The molecule has 0 radical (unpaired) electrons. The van der Waals surface area contributed by atoms with E-state index in [4.69, 9.17) is 0 Å². The fourth-order valence-corrected chi connectivity index (χ4v) is 1.73. The first-order chi connectivity index (χ1) is 6.97. The van der Waals surface area contributed by atoms with Crippen LogP contribution >= 0.6 is 15.9 Å². The van der Waals surface area contributed by atoms with Gasteiger partial charge in [0.1, 0.15) is 0 Å². The lowest BCUT2D eigenvalue weighted by Crippen LogP contribution is -2.29. The summed E-state index contributed by atoms with van der Waals surface area (Å²) in [6.07, 6.45) is 0. The van der Waals surface area contributed by atoms with E-state index in [9.17, 15) is 4.79 Å². The van der Waals surface area contributed by atoms with E-state index in [2.05, 4.69) is 26.3 Å². The molecule has 4 nitrogen and oxygen atoms in total. The Kier molecular flexibility index (Phi) is 3.90. The molecule has 1 aromatic heterocycles. The second-order valence-corrected chi connectivity index (χ2v) is 4.48. The summed E-state index contributed by atoms with van der Waals surface area (Å²) in [7, 11) is 1.65. The predicted octanol–water partition coefficient (Wildman–Crippen LogP) is 1.64. The number of nitrogens with zero attached hydrogens (tertiary/aromatic N) is 2. The number of halogens is 1. The largest absolute Gasteiger partial charge is 0.359 e. The molecule has 0 spiro atoms. The van der Waals surface area contributed by atoms with Gasteiger partial charge in [-0.15, -0.1) is 0 Å². The van der Waals surface area contributed by atoms with Crippen molar-refractivity contribution in [3.8, 4) is 0 Å². The number of hydrogen-bond donors (Lipinski definition) is 1. The highest BCUT2D eigenvalue weighted by atomic mass is 79.9. The van der Waals surface area contributed by atoms with E-state index in [-0.39, 0.29) is 11.8 Å². The Morgan fingerprint density at radius 3 is 2.60 bits per heavy atom. The molecule has 0 fully saturated rings. The number of aryl methyl sites for hydroxylation is 1. The molecule has 1 heterocycles. The average Bonchev–Trinajstić information content (AvgIpc) is 2.45. The van der Waals surface area contributed by atoms with Crippen molar-refractivity contribution in [2.45, 2.75) is 27.3 Å². The molecule has 5 heteroatoms. The van der Waals surface area contributed by atoms with E-state index in [1.807, 2.05) is 25.5 Å². The second-order valence-electron chi connectivity index (χ2n) is 3.68. The summed E-state index contributed by atoms with van der Waals surface area (Å²) in [5, 5.41) is 6.99. The minimum Gasteiger partial charge on any atom is -0.359 e. The highest BCUT2D eigenvalue weighted by molar-refractivity contribution is 9.10. The zero-order valence-corrected chi connectivity index (χ0v) is 11.1. The number of rotatable bonds is 3. The third kappa shape index (κ3) is 2.59. The van der Waals surface area contributed by atoms with E-state index in [1.165, 1.54) is 0 Å². The van der Waals surface area contributed by atoms with E-state index in [0.29, 0.717) is 6.54 Å². The SMILES string of the molecule is CNC(=O)[C@@H](C)Cn1nc(C)c(Br)c1C. The summed E-state index contributed by atoms with van der Waals surface area (Å²) in [5.41, 5.74) is 2.01. The third-order valence-corrected chi connectivity index (χ3v) is 3.58.